The average molecular weight is 1120 g/mol. The second-order valence-electron chi connectivity index (χ2n) is 22.6. The fourth-order valence-electron chi connectivity index (χ4n) is 14.7. The Morgan fingerprint density at radius 3 is 1.34 bits per heavy atom. The van der Waals surface area contributed by atoms with Crippen molar-refractivity contribution in [1.82, 2.24) is 0 Å². The molecule has 0 radical (unpaired) electrons. The third-order valence-electron chi connectivity index (χ3n) is 18.2. The molecule has 0 bridgehead atoms. The quantitative estimate of drug-likeness (QED) is 0.150. The van der Waals surface area contributed by atoms with Crippen LogP contribution in [0.3, 0.4) is 0 Å². The zero-order valence-corrected chi connectivity index (χ0v) is 47.7. The third-order valence-corrected chi connectivity index (χ3v) is 20.6. The first-order chi connectivity index (χ1) is 42.2. The largest absolute Gasteiger partial charge is 0.309 e. The van der Waals surface area contributed by atoms with Gasteiger partial charge in [-0.25, -0.2) is 0 Å². The van der Waals surface area contributed by atoms with Crippen molar-refractivity contribution in [1.29, 1.82) is 0 Å². The van der Waals surface area contributed by atoms with Crippen LogP contribution in [-0.2, 0) is 5.41 Å². The van der Waals surface area contributed by atoms with Gasteiger partial charge in [-0.3, -0.25) is 0 Å². The van der Waals surface area contributed by atoms with Gasteiger partial charge in [-0.15, -0.1) is 22.7 Å². The first kappa shape index (κ1) is 48.2. The number of hydrogen-bond donors (Lipinski definition) is 0. The Kier molecular flexibility index (Phi) is 10.7. The van der Waals surface area contributed by atoms with Gasteiger partial charge in [0.05, 0.1) is 26.2 Å². The lowest BCUT2D eigenvalue weighted by molar-refractivity contribution is 0.802. The van der Waals surface area contributed by atoms with E-state index in [-0.39, 0.29) is 0 Å². The number of para-hydroxylation sites is 2. The Morgan fingerprint density at radius 2 is 0.729 bits per heavy atom. The summed E-state index contributed by atoms with van der Waals surface area (Å²) in [4.78, 5) is 4.90. The van der Waals surface area contributed by atoms with Gasteiger partial charge >= 0.3 is 0 Å². The lowest BCUT2D eigenvalue weighted by atomic mass is 9.69. The Labute approximate surface area is 500 Å². The lowest BCUT2D eigenvalue weighted by Crippen LogP contribution is -2.26. The monoisotopic (exact) mass is 1110 g/mol. The number of thiophene rings is 2. The van der Waals surface area contributed by atoms with E-state index >= 15 is 0 Å². The van der Waals surface area contributed by atoms with Gasteiger partial charge in [0.1, 0.15) is 0 Å². The van der Waals surface area contributed by atoms with Crippen molar-refractivity contribution in [2.24, 2.45) is 0 Å². The van der Waals surface area contributed by atoms with Crippen LogP contribution in [0.1, 0.15) is 22.3 Å². The third kappa shape index (κ3) is 7.10. The van der Waals surface area contributed by atoms with E-state index in [1.165, 1.54) is 140 Å². The molecule has 14 aromatic carbocycles. The molecule has 0 amide bonds. The van der Waals surface area contributed by atoms with Crippen LogP contribution in [-0.4, -0.2) is 0 Å². The van der Waals surface area contributed by atoms with E-state index in [0.717, 1.165) is 22.7 Å². The maximum Gasteiger partial charge on any atom is 0.0731 e. The fraction of sp³-hybridized carbons (Fsp3) is 0.0123. The summed E-state index contributed by atoms with van der Waals surface area (Å²) in [5.74, 6) is 0. The number of hydrogen-bond acceptors (Lipinski definition) is 4. The summed E-state index contributed by atoms with van der Waals surface area (Å²) in [7, 11) is 0. The SMILES string of the molecule is c1ccc(N(c2cccc(-c3ccc4c5c(ccc4c3)-c3c(cc(-c4cccc(N(c6ccccc6)c6cccc7c6sc6ccccc67)c4)c4ccccc34)C53c4ccccc4-c4ccccc43)c2)c2cccc3c2sc2ccccc23)cc1. The average Bonchev–Trinajstić information content (AvgIpc) is 1.52. The molecule has 2 aliphatic carbocycles. The van der Waals surface area contributed by atoms with E-state index in [9.17, 15) is 0 Å². The molecule has 4 heteroatoms. The highest BCUT2D eigenvalue weighted by Crippen LogP contribution is 2.66. The van der Waals surface area contributed by atoms with Gasteiger partial charge in [0, 0.05) is 53.7 Å². The number of rotatable bonds is 8. The van der Waals surface area contributed by atoms with Crippen molar-refractivity contribution in [2.45, 2.75) is 5.41 Å². The summed E-state index contributed by atoms with van der Waals surface area (Å²) < 4.78 is 5.15. The molecule has 2 nitrogen and oxygen atoms in total. The predicted octanol–water partition coefficient (Wildman–Crippen LogP) is 23.3. The van der Waals surface area contributed by atoms with Gasteiger partial charge in [-0.1, -0.05) is 218 Å². The topological polar surface area (TPSA) is 6.48 Å². The minimum Gasteiger partial charge on any atom is -0.309 e. The highest BCUT2D eigenvalue weighted by molar-refractivity contribution is 7.26. The molecule has 2 heterocycles. The van der Waals surface area contributed by atoms with Crippen LogP contribution in [0.15, 0.2) is 303 Å². The van der Waals surface area contributed by atoms with E-state index in [0.29, 0.717) is 0 Å². The zero-order valence-electron chi connectivity index (χ0n) is 46.1. The number of anilines is 6. The molecule has 2 aromatic heterocycles. The van der Waals surface area contributed by atoms with E-state index < -0.39 is 5.41 Å². The molecule has 0 N–H and O–H groups in total. The van der Waals surface area contributed by atoms with Gasteiger partial charge in [0.25, 0.3) is 0 Å². The first-order valence-electron chi connectivity index (χ1n) is 29.2. The molecular formula is C81H50N2S2. The summed E-state index contributed by atoms with van der Waals surface area (Å²) in [5.41, 5.74) is 21.5. The lowest BCUT2D eigenvalue weighted by Gasteiger charge is -2.32. The van der Waals surface area contributed by atoms with Crippen LogP contribution in [0.25, 0.3) is 106 Å². The highest BCUT2D eigenvalue weighted by Gasteiger charge is 2.53. The van der Waals surface area contributed by atoms with Crippen molar-refractivity contribution >= 4 is 119 Å². The maximum atomic E-state index is 2.58. The molecule has 0 atom stereocenters. The molecule has 0 saturated heterocycles. The van der Waals surface area contributed by atoms with E-state index in [1.54, 1.807) is 0 Å². The number of nitrogens with zero attached hydrogens (tertiary/aromatic N) is 2. The fourth-order valence-corrected chi connectivity index (χ4v) is 17.1. The zero-order chi connectivity index (χ0) is 55.7. The van der Waals surface area contributed by atoms with Gasteiger partial charge in [0.2, 0.25) is 0 Å². The Morgan fingerprint density at radius 1 is 0.259 bits per heavy atom. The first-order valence-corrected chi connectivity index (χ1v) is 30.9. The Bertz CT molecular complexity index is 5360. The van der Waals surface area contributed by atoms with E-state index in [4.69, 9.17) is 0 Å². The van der Waals surface area contributed by atoms with Gasteiger partial charge in [0.15, 0.2) is 0 Å². The summed E-state index contributed by atoms with van der Waals surface area (Å²) in [6.07, 6.45) is 0. The summed E-state index contributed by atoms with van der Waals surface area (Å²) >= 11 is 3.74. The van der Waals surface area contributed by atoms with Crippen molar-refractivity contribution in [3.8, 4) is 44.5 Å². The van der Waals surface area contributed by atoms with Crippen molar-refractivity contribution in [3.05, 3.63) is 326 Å². The van der Waals surface area contributed by atoms with Crippen LogP contribution >= 0.6 is 22.7 Å². The van der Waals surface area contributed by atoms with Gasteiger partial charge < -0.3 is 9.80 Å². The van der Waals surface area contributed by atoms with E-state index in [2.05, 4.69) is 313 Å². The smallest absolute Gasteiger partial charge is 0.0731 e. The maximum absolute atomic E-state index is 2.58. The molecular weight excluding hydrogens is 1070 g/mol. The van der Waals surface area contributed by atoms with Crippen molar-refractivity contribution < 1.29 is 0 Å². The molecule has 16 aromatic rings. The molecule has 396 valence electrons. The second kappa shape index (κ2) is 18.8. The molecule has 1 spiro atoms. The molecule has 0 unspecified atom stereocenters. The number of benzene rings is 14. The highest BCUT2D eigenvalue weighted by atomic mass is 32.1. The summed E-state index contributed by atoms with van der Waals surface area (Å²) in [6.45, 7) is 0. The Balaban J connectivity index is 0.826. The van der Waals surface area contributed by atoms with Crippen LogP contribution in [0, 0.1) is 0 Å². The van der Waals surface area contributed by atoms with Crippen LogP contribution < -0.4 is 9.80 Å². The normalized spacial score (nSPS) is 12.8. The van der Waals surface area contributed by atoms with Gasteiger partial charge in [-0.2, -0.15) is 0 Å². The summed E-state index contributed by atoms with van der Waals surface area (Å²) in [5, 5.41) is 10.1. The number of fused-ring (bicyclic) bond motifs is 20. The molecule has 0 saturated carbocycles. The van der Waals surface area contributed by atoms with Crippen LogP contribution in [0.2, 0.25) is 0 Å². The Hall–Kier alpha value is -10.4. The van der Waals surface area contributed by atoms with Crippen molar-refractivity contribution in [3.63, 3.8) is 0 Å². The second-order valence-corrected chi connectivity index (χ2v) is 24.7. The minimum atomic E-state index is -0.605. The van der Waals surface area contributed by atoms with Crippen LogP contribution in [0.5, 0.6) is 0 Å². The minimum absolute atomic E-state index is 0.605. The molecule has 2 aliphatic rings. The van der Waals surface area contributed by atoms with Crippen LogP contribution in [0.4, 0.5) is 34.1 Å². The predicted molar refractivity (Wildman–Crippen MR) is 364 cm³/mol. The van der Waals surface area contributed by atoms with Gasteiger partial charge in [-0.05, 0) is 173 Å². The molecule has 0 aliphatic heterocycles. The summed E-state index contributed by atoms with van der Waals surface area (Å²) in [6, 6.07) is 113. The standard InChI is InChI=1S/C81H50N2S2/c1-3-23-55(24-4-1)82(73-39-19-35-66-63-32-11-15-41-75(63)84-79(66)73)57-27-17-21-51(48-57)52-43-45-59-54(47-52)44-46-68-77-65-34-8-7-29-60(65)69(50-72(77)81(78(59)68)70-37-13-9-30-61(70)62-31-10-14-38-71(62)81)53-22-18-28-58(49-53)83(56-25-5-2-6-26-56)74-40-20-36-67-64-33-12-16-42-76(64)85-80(67)74/h1-50H. The van der Waals surface area contributed by atoms with Crippen molar-refractivity contribution in [2.75, 3.05) is 9.80 Å². The molecule has 18 rings (SSSR count). The molecule has 0 fully saturated rings. The molecule has 85 heavy (non-hydrogen) atoms. The van der Waals surface area contributed by atoms with E-state index in [1.807, 2.05) is 22.7 Å².